The van der Waals surface area contributed by atoms with Gasteiger partial charge in [-0.2, -0.15) is 15.4 Å². The van der Waals surface area contributed by atoms with Crippen LogP contribution in [0.25, 0.3) is 11.0 Å². The van der Waals surface area contributed by atoms with Gasteiger partial charge in [-0.3, -0.25) is 9.59 Å². The fraction of sp³-hybridized carbons (Fsp3) is 0.176. The first kappa shape index (κ1) is 14.4. The highest BCUT2D eigenvalue weighted by atomic mass is 16.4. The highest BCUT2D eigenvalue weighted by molar-refractivity contribution is 5.97. The lowest BCUT2D eigenvalue weighted by atomic mass is 9.89. The van der Waals surface area contributed by atoms with Crippen LogP contribution in [0.3, 0.4) is 0 Å². The fourth-order valence-electron chi connectivity index (χ4n) is 3.13. The van der Waals surface area contributed by atoms with E-state index in [0.29, 0.717) is 23.1 Å². The number of carbonyl (C=O) groups excluding carboxylic acids is 1. The predicted octanol–water partition coefficient (Wildman–Crippen LogP) is 1.78. The number of aromatic nitrogens is 3. The molecule has 0 radical (unpaired) electrons. The second kappa shape index (κ2) is 5.45. The van der Waals surface area contributed by atoms with Crippen LogP contribution in [0.4, 0.5) is 0 Å². The van der Waals surface area contributed by atoms with E-state index in [1.54, 1.807) is 23.1 Å². The van der Waals surface area contributed by atoms with Crippen molar-refractivity contribution in [2.24, 2.45) is 0 Å². The number of hydrogen-bond acceptors (Lipinski definition) is 4. The minimum Gasteiger partial charge on any atom is -0.481 e. The van der Waals surface area contributed by atoms with Gasteiger partial charge in [0.2, 0.25) is 0 Å². The molecular weight excluding hydrogens is 308 g/mol. The van der Waals surface area contributed by atoms with E-state index in [1.807, 2.05) is 24.3 Å². The molecule has 2 heterocycles. The van der Waals surface area contributed by atoms with Crippen LogP contribution in [-0.4, -0.2) is 43.8 Å². The van der Waals surface area contributed by atoms with Crippen LogP contribution in [0.5, 0.6) is 0 Å². The van der Waals surface area contributed by atoms with E-state index in [-0.39, 0.29) is 12.5 Å². The number of H-pyrrole nitrogens is 1. The summed E-state index contributed by atoms with van der Waals surface area (Å²) in [7, 11) is 0. The van der Waals surface area contributed by atoms with Crippen LogP contribution < -0.4 is 0 Å². The summed E-state index contributed by atoms with van der Waals surface area (Å²) in [5.41, 5.74) is 3.40. The van der Waals surface area contributed by atoms with E-state index >= 15 is 0 Å². The van der Waals surface area contributed by atoms with Crippen molar-refractivity contribution in [1.29, 1.82) is 0 Å². The summed E-state index contributed by atoms with van der Waals surface area (Å²) >= 11 is 0. The standard InChI is InChI=1S/C17H14N4O3/c22-16(10-5-6-14-15(7-10)19-20-18-14)21-8-11-3-1-2-4-12(11)13(9-21)17(23)24/h1-7,13H,8-9H2,(H,23,24)(H,18,19,20). The minimum atomic E-state index is -0.924. The van der Waals surface area contributed by atoms with Gasteiger partial charge in [0.25, 0.3) is 5.91 Å². The van der Waals surface area contributed by atoms with Gasteiger partial charge in [-0.1, -0.05) is 24.3 Å². The Hall–Kier alpha value is -3.22. The molecule has 0 spiro atoms. The normalized spacial score (nSPS) is 16.8. The summed E-state index contributed by atoms with van der Waals surface area (Å²) in [5.74, 6) is -1.85. The Labute approximate surface area is 136 Å². The number of nitrogens with one attached hydrogen (secondary N) is 1. The van der Waals surface area contributed by atoms with Gasteiger partial charge in [-0.25, -0.2) is 0 Å². The molecule has 120 valence electrons. The first-order valence-electron chi connectivity index (χ1n) is 7.54. The molecule has 1 unspecified atom stereocenters. The highest BCUT2D eigenvalue weighted by Gasteiger charge is 2.32. The maximum absolute atomic E-state index is 12.8. The molecule has 0 aliphatic carbocycles. The first-order valence-corrected chi connectivity index (χ1v) is 7.54. The Kier molecular flexibility index (Phi) is 3.26. The highest BCUT2D eigenvalue weighted by Crippen LogP contribution is 2.29. The zero-order chi connectivity index (χ0) is 16.7. The summed E-state index contributed by atoms with van der Waals surface area (Å²) in [6.45, 7) is 0.553. The molecular formula is C17H14N4O3. The lowest BCUT2D eigenvalue weighted by Crippen LogP contribution is -2.40. The van der Waals surface area contributed by atoms with Gasteiger partial charge in [0.15, 0.2) is 0 Å². The number of carboxylic acids is 1. The Bertz CT molecular complexity index is 950. The molecule has 7 heteroatoms. The zero-order valence-corrected chi connectivity index (χ0v) is 12.6. The van der Waals surface area contributed by atoms with Gasteiger partial charge >= 0.3 is 5.97 Å². The molecule has 1 aliphatic rings. The van der Waals surface area contributed by atoms with Crippen molar-refractivity contribution < 1.29 is 14.7 Å². The fourth-order valence-corrected chi connectivity index (χ4v) is 3.13. The topological polar surface area (TPSA) is 99.2 Å². The average Bonchev–Trinajstić information content (AvgIpc) is 3.07. The summed E-state index contributed by atoms with van der Waals surface area (Å²) in [6.07, 6.45) is 0. The number of fused-ring (bicyclic) bond motifs is 2. The van der Waals surface area contributed by atoms with Crippen LogP contribution in [0, 0.1) is 0 Å². The van der Waals surface area contributed by atoms with Gasteiger partial charge in [-0.15, -0.1) is 0 Å². The molecule has 1 aliphatic heterocycles. The molecule has 2 N–H and O–H groups in total. The number of aliphatic carboxylic acids is 1. The van der Waals surface area contributed by atoms with Crippen LogP contribution in [-0.2, 0) is 11.3 Å². The van der Waals surface area contributed by atoms with Crippen molar-refractivity contribution in [2.75, 3.05) is 6.54 Å². The number of carbonyl (C=O) groups is 2. The molecule has 24 heavy (non-hydrogen) atoms. The number of aromatic amines is 1. The van der Waals surface area contributed by atoms with E-state index in [2.05, 4.69) is 15.4 Å². The molecule has 3 aromatic rings. The molecule has 0 saturated carbocycles. The maximum atomic E-state index is 12.8. The largest absolute Gasteiger partial charge is 0.481 e. The van der Waals surface area contributed by atoms with Gasteiger partial charge < -0.3 is 10.0 Å². The number of amides is 1. The lowest BCUT2D eigenvalue weighted by Gasteiger charge is -2.32. The van der Waals surface area contributed by atoms with Crippen LogP contribution in [0.2, 0.25) is 0 Å². The number of carboxylic acid groups (broad SMARTS) is 1. The zero-order valence-electron chi connectivity index (χ0n) is 12.6. The van der Waals surface area contributed by atoms with E-state index in [1.165, 1.54) is 0 Å². The first-order chi connectivity index (χ1) is 11.6. The van der Waals surface area contributed by atoms with E-state index in [0.717, 1.165) is 11.1 Å². The number of rotatable bonds is 2. The number of benzene rings is 2. The van der Waals surface area contributed by atoms with Crippen molar-refractivity contribution in [3.8, 4) is 0 Å². The molecule has 2 aromatic carbocycles. The lowest BCUT2D eigenvalue weighted by molar-refractivity contribution is -0.139. The van der Waals surface area contributed by atoms with Crippen molar-refractivity contribution in [2.45, 2.75) is 12.5 Å². The van der Waals surface area contributed by atoms with Crippen LogP contribution in [0.15, 0.2) is 42.5 Å². The van der Waals surface area contributed by atoms with Crippen LogP contribution in [0.1, 0.15) is 27.4 Å². The van der Waals surface area contributed by atoms with Crippen molar-refractivity contribution in [3.63, 3.8) is 0 Å². The second-order valence-electron chi connectivity index (χ2n) is 5.80. The molecule has 7 nitrogen and oxygen atoms in total. The Morgan fingerprint density at radius 3 is 2.75 bits per heavy atom. The second-order valence-corrected chi connectivity index (χ2v) is 5.80. The molecule has 0 saturated heterocycles. The third kappa shape index (κ3) is 2.30. The molecule has 1 aromatic heterocycles. The van der Waals surface area contributed by atoms with Crippen molar-refractivity contribution in [1.82, 2.24) is 20.3 Å². The van der Waals surface area contributed by atoms with E-state index < -0.39 is 11.9 Å². The Balaban J connectivity index is 1.69. The molecule has 0 fully saturated rings. The molecule has 1 amide bonds. The van der Waals surface area contributed by atoms with Crippen molar-refractivity contribution >= 4 is 22.9 Å². The van der Waals surface area contributed by atoms with Gasteiger partial charge in [-0.05, 0) is 29.3 Å². The van der Waals surface area contributed by atoms with Gasteiger partial charge in [0.05, 0.1) is 5.92 Å². The smallest absolute Gasteiger partial charge is 0.312 e. The number of nitrogens with zero attached hydrogens (tertiary/aromatic N) is 3. The van der Waals surface area contributed by atoms with Crippen LogP contribution >= 0.6 is 0 Å². The number of hydrogen-bond donors (Lipinski definition) is 2. The molecule has 1 atom stereocenters. The van der Waals surface area contributed by atoms with E-state index in [9.17, 15) is 14.7 Å². The van der Waals surface area contributed by atoms with Gasteiger partial charge in [0.1, 0.15) is 11.0 Å². The third-order valence-electron chi connectivity index (χ3n) is 4.34. The SMILES string of the molecule is O=C(O)C1CN(C(=O)c2ccc3n[nH]nc3c2)Cc2ccccc21. The monoisotopic (exact) mass is 322 g/mol. The summed E-state index contributed by atoms with van der Waals surface area (Å²) in [5, 5.41) is 20.0. The Morgan fingerprint density at radius 2 is 1.92 bits per heavy atom. The maximum Gasteiger partial charge on any atom is 0.312 e. The summed E-state index contributed by atoms with van der Waals surface area (Å²) in [6, 6.07) is 12.4. The third-order valence-corrected chi connectivity index (χ3v) is 4.34. The summed E-state index contributed by atoms with van der Waals surface area (Å²) in [4.78, 5) is 26.0. The minimum absolute atomic E-state index is 0.155. The molecule has 4 rings (SSSR count). The van der Waals surface area contributed by atoms with Crippen molar-refractivity contribution in [3.05, 3.63) is 59.2 Å². The predicted molar refractivity (Wildman–Crippen MR) is 85.4 cm³/mol. The molecule has 0 bridgehead atoms. The summed E-state index contributed by atoms with van der Waals surface area (Å²) < 4.78 is 0. The average molecular weight is 322 g/mol. The quantitative estimate of drug-likeness (QED) is 0.749. The van der Waals surface area contributed by atoms with E-state index in [4.69, 9.17) is 0 Å². The Morgan fingerprint density at radius 1 is 1.12 bits per heavy atom. The van der Waals surface area contributed by atoms with Gasteiger partial charge in [0, 0.05) is 18.7 Å².